The van der Waals surface area contributed by atoms with E-state index < -0.39 is 12.0 Å². The van der Waals surface area contributed by atoms with Crippen LogP contribution in [0.2, 0.25) is 5.02 Å². The maximum atomic E-state index is 11.6. The Morgan fingerprint density at radius 3 is 2.57 bits per heavy atom. The number of carboxylic acids is 1. The molecule has 114 valence electrons. The fraction of sp³-hybridized carbons (Fsp3) is 0.308. The highest BCUT2D eigenvalue weighted by atomic mass is 35.5. The molecule has 5 N–H and O–H groups in total. The molecule has 0 spiro atoms. The molecule has 0 bridgehead atoms. The lowest BCUT2D eigenvalue weighted by Gasteiger charge is -2.10. The molecule has 0 atom stereocenters. The molecule has 0 saturated carbocycles. The smallest absolute Gasteiger partial charge is 0.337 e. The number of aromatic carboxylic acids is 1. The number of carboxylic acid groups (broad SMARTS) is 1. The van der Waals surface area contributed by atoms with Crippen LogP contribution in [-0.2, 0) is 4.79 Å². The number of benzene rings is 1. The maximum Gasteiger partial charge on any atom is 0.337 e. The lowest BCUT2D eigenvalue weighted by atomic mass is 10.2. The van der Waals surface area contributed by atoms with E-state index in [9.17, 15) is 14.4 Å². The number of hydrogen-bond donors (Lipinski definition) is 4. The number of urea groups is 1. The first-order valence-corrected chi connectivity index (χ1v) is 6.64. The van der Waals surface area contributed by atoms with Crippen molar-refractivity contribution in [2.45, 2.75) is 19.3 Å². The van der Waals surface area contributed by atoms with Crippen LogP contribution in [-0.4, -0.2) is 29.6 Å². The number of nitrogens with two attached hydrogens (primary N) is 1. The molecule has 0 saturated heterocycles. The molecule has 0 fully saturated rings. The second kappa shape index (κ2) is 8.11. The van der Waals surface area contributed by atoms with E-state index in [4.69, 9.17) is 22.4 Å². The minimum atomic E-state index is -1.16. The molecular weight excluding hydrogens is 298 g/mol. The number of carbonyl (C=O) groups excluding carboxylic acids is 2. The van der Waals surface area contributed by atoms with Gasteiger partial charge in [0.15, 0.2) is 0 Å². The van der Waals surface area contributed by atoms with Crippen LogP contribution in [0.3, 0.4) is 0 Å². The summed E-state index contributed by atoms with van der Waals surface area (Å²) < 4.78 is 0. The molecule has 0 radical (unpaired) electrons. The highest BCUT2D eigenvalue weighted by Crippen LogP contribution is 2.21. The van der Waals surface area contributed by atoms with Gasteiger partial charge in [-0.3, -0.25) is 4.79 Å². The number of carbonyl (C=O) groups is 3. The number of halogens is 1. The van der Waals surface area contributed by atoms with Gasteiger partial charge in [-0.25, -0.2) is 9.59 Å². The summed E-state index contributed by atoms with van der Waals surface area (Å²) in [4.78, 5) is 33.2. The first-order chi connectivity index (χ1) is 9.90. The standard InChI is InChI=1S/C13H16ClN3O4/c14-8-4-5-9(12(19)20)10(7-8)17-13(21)16-6-2-1-3-11(15)18/h4-5,7H,1-3,6H2,(H2,15,18)(H,19,20)(H2,16,17,21). The third kappa shape index (κ3) is 6.13. The van der Waals surface area contributed by atoms with Crippen molar-refractivity contribution in [1.29, 1.82) is 0 Å². The average molecular weight is 314 g/mol. The number of hydrogen-bond acceptors (Lipinski definition) is 3. The van der Waals surface area contributed by atoms with Gasteiger partial charge < -0.3 is 21.5 Å². The summed E-state index contributed by atoms with van der Waals surface area (Å²) in [6.45, 7) is 0.349. The summed E-state index contributed by atoms with van der Waals surface area (Å²) in [6, 6.07) is 3.56. The largest absolute Gasteiger partial charge is 0.478 e. The normalized spacial score (nSPS) is 9.95. The number of primary amides is 1. The van der Waals surface area contributed by atoms with Crippen molar-refractivity contribution in [2.24, 2.45) is 5.73 Å². The molecule has 1 aromatic rings. The van der Waals surface area contributed by atoms with Gasteiger partial charge in [0.1, 0.15) is 0 Å². The molecule has 0 aliphatic heterocycles. The van der Waals surface area contributed by atoms with Crippen molar-refractivity contribution in [1.82, 2.24) is 5.32 Å². The minimum absolute atomic E-state index is 0.0525. The second-order valence-corrected chi connectivity index (χ2v) is 4.74. The number of rotatable bonds is 7. The molecule has 0 aliphatic carbocycles. The number of unbranched alkanes of at least 4 members (excludes halogenated alkanes) is 1. The van der Waals surface area contributed by atoms with Gasteiger partial charge in [-0.1, -0.05) is 11.6 Å². The zero-order chi connectivity index (χ0) is 15.8. The lowest BCUT2D eigenvalue weighted by molar-refractivity contribution is -0.118. The first-order valence-electron chi connectivity index (χ1n) is 6.26. The monoisotopic (exact) mass is 313 g/mol. The SMILES string of the molecule is NC(=O)CCCCNC(=O)Nc1cc(Cl)ccc1C(=O)O. The van der Waals surface area contributed by atoms with Gasteiger partial charge in [0.2, 0.25) is 5.91 Å². The van der Waals surface area contributed by atoms with E-state index in [2.05, 4.69) is 10.6 Å². The number of nitrogens with one attached hydrogen (secondary N) is 2. The van der Waals surface area contributed by atoms with E-state index in [0.717, 1.165) is 0 Å². The molecule has 3 amide bonds. The Labute approximate surface area is 126 Å². The Kier molecular flexibility index (Phi) is 6.48. The quantitative estimate of drug-likeness (QED) is 0.573. The third-order valence-electron chi connectivity index (χ3n) is 2.60. The lowest BCUT2D eigenvalue weighted by Crippen LogP contribution is -2.30. The molecule has 8 heteroatoms. The van der Waals surface area contributed by atoms with Crippen molar-refractivity contribution < 1.29 is 19.5 Å². The van der Waals surface area contributed by atoms with Crippen LogP contribution in [0.5, 0.6) is 0 Å². The Bertz CT molecular complexity index is 548. The maximum absolute atomic E-state index is 11.6. The van der Waals surface area contributed by atoms with Crippen molar-refractivity contribution in [3.8, 4) is 0 Å². The van der Waals surface area contributed by atoms with Gasteiger partial charge in [-0.05, 0) is 31.0 Å². The van der Waals surface area contributed by atoms with E-state index >= 15 is 0 Å². The van der Waals surface area contributed by atoms with Crippen LogP contribution in [0.4, 0.5) is 10.5 Å². The van der Waals surface area contributed by atoms with Gasteiger partial charge >= 0.3 is 12.0 Å². The predicted octanol–water partition coefficient (Wildman–Crippen LogP) is 1.82. The average Bonchev–Trinajstić information content (AvgIpc) is 2.37. The van der Waals surface area contributed by atoms with Gasteiger partial charge in [-0.2, -0.15) is 0 Å². The van der Waals surface area contributed by atoms with Crippen molar-refractivity contribution in [2.75, 3.05) is 11.9 Å². The van der Waals surface area contributed by atoms with Crippen LogP contribution in [0.25, 0.3) is 0 Å². The van der Waals surface area contributed by atoms with E-state index in [1.165, 1.54) is 18.2 Å². The van der Waals surface area contributed by atoms with Crippen molar-refractivity contribution in [3.63, 3.8) is 0 Å². The highest BCUT2D eigenvalue weighted by molar-refractivity contribution is 6.31. The summed E-state index contributed by atoms with van der Waals surface area (Å²) in [5.41, 5.74) is 5.05. The zero-order valence-electron chi connectivity index (χ0n) is 11.2. The van der Waals surface area contributed by atoms with Crippen LogP contribution in [0, 0.1) is 0 Å². The van der Waals surface area contributed by atoms with E-state index in [1.807, 2.05) is 0 Å². The van der Waals surface area contributed by atoms with Gasteiger partial charge in [0.25, 0.3) is 0 Å². The first kappa shape index (κ1) is 16.8. The summed E-state index contributed by atoms with van der Waals surface area (Å²) in [6.07, 6.45) is 1.44. The third-order valence-corrected chi connectivity index (χ3v) is 2.83. The van der Waals surface area contributed by atoms with Crippen LogP contribution in [0.15, 0.2) is 18.2 Å². The van der Waals surface area contributed by atoms with Crippen molar-refractivity contribution in [3.05, 3.63) is 28.8 Å². The number of amides is 3. The van der Waals surface area contributed by atoms with Crippen molar-refractivity contribution >= 4 is 35.2 Å². The summed E-state index contributed by atoms with van der Waals surface area (Å²) >= 11 is 5.77. The molecular formula is C13H16ClN3O4. The molecule has 7 nitrogen and oxygen atoms in total. The Balaban J connectivity index is 2.49. The molecule has 0 heterocycles. The van der Waals surface area contributed by atoms with Gasteiger partial charge in [-0.15, -0.1) is 0 Å². The zero-order valence-corrected chi connectivity index (χ0v) is 11.9. The summed E-state index contributed by atoms with van der Waals surface area (Å²) in [5.74, 6) is -1.55. The Morgan fingerprint density at radius 2 is 1.95 bits per heavy atom. The fourth-order valence-corrected chi connectivity index (χ4v) is 1.77. The van der Waals surface area contributed by atoms with Gasteiger partial charge in [0.05, 0.1) is 11.3 Å². The topological polar surface area (TPSA) is 122 Å². The van der Waals surface area contributed by atoms with E-state index in [-0.39, 0.29) is 23.6 Å². The minimum Gasteiger partial charge on any atom is -0.478 e. The fourth-order valence-electron chi connectivity index (χ4n) is 1.60. The van der Waals surface area contributed by atoms with E-state index in [0.29, 0.717) is 24.4 Å². The van der Waals surface area contributed by atoms with Gasteiger partial charge in [0, 0.05) is 18.0 Å². The Morgan fingerprint density at radius 1 is 1.24 bits per heavy atom. The molecule has 0 unspecified atom stereocenters. The molecule has 0 aliphatic rings. The molecule has 1 rings (SSSR count). The van der Waals surface area contributed by atoms with E-state index in [1.54, 1.807) is 0 Å². The Hall–Kier alpha value is -2.28. The summed E-state index contributed by atoms with van der Waals surface area (Å²) in [7, 11) is 0. The number of anilines is 1. The second-order valence-electron chi connectivity index (χ2n) is 4.30. The van der Waals surface area contributed by atoms with Crippen LogP contribution < -0.4 is 16.4 Å². The molecule has 1 aromatic carbocycles. The molecule has 0 aromatic heterocycles. The summed E-state index contributed by atoms with van der Waals surface area (Å²) in [5, 5.41) is 14.3. The van der Waals surface area contributed by atoms with Crippen LogP contribution in [0.1, 0.15) is 29.6 Å². The predicted molar refractivity (Wildman–Crippen MR) is 78.5 cm³/mol. The van der Waals surface area contributed by atoms with Crippen LogP contribution >= 0.6 is 11.6 Å². The highest BCUT2D eigenvalue weighted by Gasteiger charge is 2.12. The molecule has 21 heavy (non-hydrogen) atoms.